The topological polar surface area (TPSA) is 65.2 Å². The largest absolute Gasteiger partial charge is 0.466 e. The van der Waals surface area contributed by atoms with Gasteiger partial charge in [0.25, 0.3) is 0 Å². The van der Waals surface area contributed by atoms with E-state index in [1.807, 2.05) is 0 Å². The number of aromatic nitrogens is 1. The third-order valence-corrected chi connectivity index (χ3v) is 1.40. The lowest BCUT2D eigenvalue weighted by atomic mass is 10.3. The van der Waals surface area contributed by atoms with Gasteiger partial charge in [-0.25, -0.2) is 4.79 Å². The van der Waals surface area contributed by atoms with Crippen LogP contribution < -0.4 is 5.73 Å². The number of nitrogen functional groups attached to an aromatic ring is 1. The summed E-state index contributed by atoms with van der Waals surface area (Å²) >= 11 is 0. The molecule has 0 atom stereocenters. The summed E-state index contributed by atoms with van der Waals surface area (Å²) in [6, 6.07) is 3.34. The molecule has 1 rings (SSSR count). The molecule has 1 heterocycles. The number of methoxy groups -OCH3 is 1. The highest BCUT2D eigenvalue weighted by atomic mass is 16.5. The number of carbonyl (C=O) groups excluding carboxylic acids is 1. The lowest BCUT2D eigenvalue weighted by molar-refractivity contribution is -0.134. The van der Waals surface area contributed by atoms with Gasteiger partial charge in [-0.3, -0.25) is 4.98 Å². The van der Waals surface area contributed by atoms with Crippen molar-refractivity contribution in [2.75, 3.05) is 12.8 Å². The van der Waals surface area contributed by atoms with Crippen molar-refractivity contribution in [2.24, 2.45) is 0 Å². The number of hydrogen-bond donors (Lipinski definition) is 1. The summed E-state index contributed by atoms with van der Waals surface area (Å²) in [4.78, 5) is 14.7. The van der Waals surface area contributed by atoms with E-state index in [2.05, 4.69) is 9.72 Å². The maximum atomic E-state index is 10.7. The van der Waals surface area contributed by atoms with Crippen LogP contribution in [0.25, 0.3) is 6.08 Å². The molecule has 0 radical (unpaired) electrons. The summed E-state index contributed by atoms with van der Waals surface area (Å²) in [7, 11) is 1.32. The second kappa shape index (κ2) is 4.25. The quantitative estimate of drug-likeness (QED) is 0.538. The lowest BCUT2D eigenvalue weighted by Gasteiger charge is -1.94. The normalized spacial score (nSPS) is 10.2. The van der Waals surface area contributed by atoms with E-state index >= 15 is 0 Å². The van der Waals surface area contributed by atoms with Gasteiger partial charge in [-0.1, -0.05) is 0 Å². The van der Waals surface area contributed by atoms with Crippen molar-refractivity contribution >= 4 is 17.7 Å². The van der Waals surface area contributed by atoms with E-state index in [4.69, 9.17) is 5.73 Å². The number of nitrogens with zero attached hydrogens (tertiary/aromatic N) is 1. The van der Waals surface area contributed by atoms with E-state index in [1.54, 1.807) is 24.4 Å². The average Bonchev–Trinajstić information content (AvgIpc) is 2.14. The summed E-state index contributed by atoms with van der Waals surface area (Å²) in [5.74, 6) is -0.413. The van der Waals surface area contributed by atoms with E-state index in [-0.39, 0.29) is 0 Å². The Morgan fingerprint density at radius 2 is 2.46 bits per heavy atom. The molecule has 4 nitrogen and oxygen atoms in total. The van der Waals surface area contributed by atoms with Gasteiger partial charge in [0, 0.05) is 18.0 Å². The molecule has 0 aliphatic carbocycles. The van der Waals surface area contributed by atoms with E-state index < -0.39 is 5.97 Å². The molecule has 0 amide bonds. The molecule has 0 saturated heterocycles. The maximum Gasteiger partial charge on any atom is 0.330 e. The number of hydrogen-bond acceptors (Lipinski definition) is 4. The Labute approximate surface area is 76.0 Å². The molecular formula is C9H10N2O2. The first-order valence-corrected chi connectivity index (χ1v) is 3.70. The fraction of sp³-hybridized carbons (Fsp3) is 0.111. The highest BCUT2D eigenvalue weighted by molar-refractivity contribution is 5.86. The van der Waals surface area contributed by atoms with Crippen LogP contribution >= 0.6 is 0 Å². The number of carbonyl (C=O) groups is 1. The van der Waals surface area contributed by atoms with E-state index in [9.17, 15) is 4.79 Å². The first-order valence-electron chi connectivity index (χ1n) is 3.70. The lowest BCUT2D eigenvalue weighted by Crippen LogP contribution is -1.94. The molecule has 1 aromatic rings. The van der Waals surface area contributed by atoms with Gasteiger partial charge in [0.15, 0.2) is 0 Å². The predicted octanol–water partition coefficient (Wildman–Crippen LogP) is 0.850. The van der Waals surface area contributed by atoms with Crippen molar-refractivity contribution in [3.8, 4) is 0 Å². The van der Waals surface area contributed by atoms with Crippen molar-refractivity contribution in [1.82, 2.24) is 4.98 Å². The summed E-state index contributed by atoms with van der Waals surface area (Å²) in [5, 5.41) is 0. The molecule has 0 aliphatic rings. The zero-order valence-corrected chi connectivity index (χ0v) is 7.23. The molecule has 1 aromatic heterocycles. The smallest absolute Gasteiger partial charge is 0.330 e. The number of esters is 1. The van der Waals surface area contributed by atoms with Crippen LogP contribution in [-0.2, 0) is 9.53 Å². The SMILES string of the molecule is COC(=O)C=Cc1cc(N)ccn1. The summed E-state index contributed by atoms with van der Waals surface area (Å²) in [6.45, 7) is 0. The summed E-state index contributed by atoms with van der Waals surface area (Å²) in [5.41, 5.74) is 6.75. The van der Waals surface area contributed by atoms with Crippen molar-refractivity contribution in [2.45, 2.75) is 0 Å². The summed E-state index contributed by atoms with van der Waals surface area (Å²) < 4.78 is 4.42. The fourth-order valence-corrected chi connectivity index (χ4v) is 0.778. The van der Waals surface area contributed by atoms with Crippen molar-refractivity contribution in [3.05, 3.63) is 30.1 Å². The number of rotatable bonds is 2. The second-order valence-electron chi connectivity index (χ2n) is 2.37. The Morgan fingerprint density at radius 3 is 3.08 bits per heavy atom. The second-order valence-corrected chi connectivity index (χ2v) is 2.37. The molecule has 0 aromatic carbocycles. The molecule has 13 heavy (non-hydrogen) atoms. The van der Waals surface area contributed by atoms with Crippen LogP contribution in [0.3, 0.4) is 0 Å². The van der Waals surface area contributed by atoms with Gasteiger partial charge < -0.3 is 10.5 Å². The van der Waals surface area contributed by atoms with E-state index in [0.29, 0.717) is 11.4 Å². The van der Waals surface area contributed by atoms with Gasteiger partial charge in [0.2, 0.25) is 0 Å². The molecule has 0 bridgehead atoms. The molecule has 0 fully saturated rings. The molecular weight excluding hydrogens is 168 g/mol. The van der Waals surface area contributed by atoms with E-state index in [1.165, 1.54) is 13.2 Å². The maximum absolute atomic E-state index is 10.7. The first kappa shape index (κ1) is 9.25. The molecule has 0 aliphatic heterocycles. The monoisotopic (exact) mass is 178 g/mol. The zero-order valence-electron chi connectivity index (χ0n) is 7.23. The molecule has 2 N–H and O–H groups in total. The summed E-state index contributed by atoms with van der Waals surface area (Å²) in [6.07, 6.45) is 4.41. The standard InChI is InChI=1S/C9H10N2O2/c1-13-9(12)3-2-8-6-7(10)4-5-11-8/h2-6H,1H3,(H2,10,11). The number of ether oxygens (including phenoxy) is 1. The van der Waals surface area contributed by atoms with Crippen LogP contribution in [0.15, 0.2) is 24.4 Å². The minimum absolute atomic E-state index is 0.413. The Hall–Kier alpha value is -1.84. The predicted molar refractivity (Wildman–Crippen MR) is 49.7 cm³/mol. The van der Waals surface area contributed by atoms with Gasteiger partial charge >= 0.3 is 5.97 Å². The van der Waals surface area contributed by atoms with Crippen LogP contribution in [0.2, 0.25) is 0 Å². The molecule has 68 valence electrons. The number of pyridine rings is 1. The van der Waals surface area contributed by atoms with Gasteiger partial charge in [-0.2, -0.15) is 0 Å². The minimum Gasteiger partial charge on any atom is -0.466 e. The van der Waals surface area contributed by atoms with Crippen LogP contribution in [0.5, 0.6) is 0 Å². The van der Waals surface area contributed by atoms with E-state index in [0.717, 1.165) is 0 Å². The van der Waals surface area contributed by atoms with Gasteiger partial charge in [0.1, 0.15) is 0 Å². The number of anilines is 1. The molecule has 0 spiro atoms. The molecule has 0 unspecified atom stereocenters. The third-order valence-electron chi connectivity index (χ3n) is 1.40. The van der Waals surface area contributed by atoms with Gasteiger partial charge in [0.05, 0.1) is 12.8 Å². The number of nitrogens with two attached hydrogens (primary N) is 1. The van der Waals surface area contributed by atoms with Crippen molar-refractivity contribution in [3.63, 3.8) is 0 Å². The third kappa shape index (κ3) is 2.94. The molecule has 4 heteroatoms. The Bertz CT molecular complexity index is 334. The first-order chi connectivity index (χ1) is 6.22. The Balaban J connectivity index is 2.74. The van der Waals surface area contributed by atoms with Crippen molar-refractivity contribution < 1.29 is 9.53 Å². The highest BCUT2D eigenvalue weighted by Crippen LogP contribution is 2.04. The van der Waals surface area contributed by atoms with Crippen LogP contribution in [0.1, 0.15) is 5.69 Å². The van der Waals surface area contributed by atoms with Crippen LogP contribution in [-0.4, -0.2) is 18.1 Å². The Kier molecular flexibility index (Phi) is 3.03. The average molecular weight is 178 g/mol. The van der Waals surface area contributed by atoms with Crippen LogP contribution in [0.4, 0.5) is 5.69 Å². The van der Waals surface area contributed by atoms with Crippen LogP contribution in [0, 0.1) is 0 Å². The minimum atomic E-state index is -0.413. The highest BCUT2D eigenvalue weighted by Gasteiger charge is 1.92. The van der Waals surface area contributed by atoms with Gasteiger partial charge in [-0.15, -0.1) is 0 Å². The van der Waals surface area contributed by atoms with Gasteiger partial charge in [-0.05, 0) is 18.2 Å². The fourth-order valence-electron chi connectivity index (χ4n) is 0.778. The van der Waals surface area contributed by atoms with Crippen molar-refractivity contribution in [1.29, 1.82) is 0 Å². The zero-order chi connectivity index (χ0) is 9.68. The Morgan fingerprint density at radius 1 is 1.69 bits per heavy atom. The molecule has 0 saturated carbocycles.